The van der Waals surface area contributed by atoms with Gasteiger partial charge in [0.2, 0.25) is 0 Å². The van der Waals surface area contributed by atoms with Gasteiger partial charge >= 0.3 is 0 Å². The van der Waals surface area contributed by atoms with Crippen LogP contribution in [-0.4, -0.2) is 0 Å². The van der Waals surface area contributed by atoms with Gasteiger partial charge in [0, 0.05) is 0 Å². The average Bonchev–Trinajstić information content (AvgIpc) is 2.17. The first-order valence-electron chi connectivity index (χ1n) is 6.72. The van der Waals surface area contributed by atoms with E-state index in [0.29, 0.717) is 0 Å². The fourth-order valence-corrected chi connectivity index (χ4v) is 0.966. The number of hydrogen-bond acceptors (Lipinski definition) is 0. The normalized spacial score (nSPS) is 14.4. The molecule has 1 rings (SSSR count). The summed E-state index contributed by atoms with van der Waals surface area (Å²) in [6, 6.07) is 0. The molecule has 0 aromatic heterocycles. The Kier molecular flexibility index (Phi) is 18.2. The molecule has 0 atom stereocenters. The van der Waals surface area contributed by atoms with Crippen LogP contribution in [0.4, 0.5) is 0 Å². The van der Waals surface area contributed by atoms with E-state index in [0.717, 1.165) is 5.92 Å². The van der Waals surface area contributed by atoms with Crippen LogP contribution in [0.1, 0.15) is 86.0 Å². The lowest BCUT2D eigenvalue weighted by Crippen LogP contribution is -2.04. The fourth-order valence-electron chi connectivity index (χ4n) is 0.966. The summed E-state index contributed by atoms with van der Waals surface area (Å²) in [5, 5.41) is 0. The summed E-state index contributed by atoms with van der Waals surface area (Å²) in [4.78, 5) is 0. The molecular formula is C14H32. The summed E-state index contributed by atoms with van der Waals surface area (Å²) in [6.07, 6.45) is 11.2. The molecule has 14 heavy (non-hydrogen) atoms. The van der Waals surface area contributed by atoms with Crippen molar-refractivity contribution in [1.82, 2.24) is 0 Å². The van der Waals surface area contributed by atoms with Crippen LogP contribution in [-0.2, 0) is 0 Å². The highest BCUT2D eigenvalue weighted by molar-refractivity contribution is 4.62. The highest BCUT2D eigenvalue weighted by atomic mass is 14.1. The standard InChI is InChI=1S/C5H10.C5H12.C4H10/c1-5-3-2-4-5;1-3-5-4-2;1-3-4-2/h5H,2-4H2,1H3;3-5H2,1-2H3;3-4H2,1-2H3. The molecule has 1 saturated carbocycles. The van der Waals surface area contributed by atoms with Gasteiger partial charge < -0.3 is 0 Å². The van der Waals surface area contributed by atoms with Gasteiger partial charge in [-0.2, -0.15) is 0 Å². The maximum Gasteiger partial charge on any atom is -0.0443 e. The maximum atomic E-state index is 2.31. The summed E-state index contributed by atoms with van der Waals surface area (Å²) in [6.45, 7) is 11.1. The van der Waals surface area contributed by atoms with E-state index in [-0.39, 0.29) is 0 Å². The van der Waals surface area contributed by atoms with Crippen molar-refractivity contribution in [2.45, 2.75) is 86.0 Å². The summed E-state index contributed by atoms with van der Waals surface area (Å²) in [7, 11) is 0. The van der Waals surface area contributed by atoms with Crippen molar-refractivity contribution in [3.8, 4) is 0 Å². The van der Waals surface area contributed by atoms with E-state index in [1.165, 1.54) is 51.4 Å². The Morgan fingerprint density at radius 2 is 1.14 bits per heavy atom. The molecule has 0 unspecified atom stereocenters. The van der Waals surface area contributed by atoms with Crippen molar-refractivity contribution in [3.63, 3.8) is 0 Å². The number of hydrogen-bond donors (Lipinski definition) is 0. The Morgan fingerprint density at radius 1 is 0.786 bits per heavy atom. The molecule has 0 aromatic rings. The van der Waals surface area contributed by atoms with E-state index >= 15 is 0 Å². The van der Waals surface area contributed by atoms with E-state index < -0.39 is 0 Å². The molecule has 0 N–H and O–H groups in total. The molecule has 0 bridgehead atoms. The van der Waals surface area contributed by atoms with Gasteiger partial charge in [-0.1, -0.05) is 86.0 Å². The summed E-state index contributed by atoms with van der Waals surface area (Å²) in [5.74, 6) is 1.06. The minimum atomic E-state index is 1.06. The molecule has 0 radical (unpaired) electrons. The zero-order valence-electron chi connectivity index (χ0n) is 11.2. The molecular weight excluding hydrogens is 168 g/mol. The van der Waals surface area contributed by atoms with Crippen LogP contribution in [0, 0.1) is 5.92 Å². The number of unbranched alkanes of at least 4 members (excludes halogenated alkanes) is 3. The van der Waals surface area contributed by atoms with Crippen LogP contribution in [0.5, 0.6) is 0 Å². The molecule has 0 amide bonds. The second kappa shape index (κ2) is 15.5. The SMILES string of the molecule is CC1CCC1.CCCC.CCCCC. The van der Waals surface area contributed by atoms with Gasteiger partial charge in [-0.25, -0.2) is 0 Å². The second-order valence-electron chi connectivity index (χ2n) is 4.39. The van der Waals surface area contributed by atoms with Crippen molar-refractivity contribution in [3.05, 3.63) is 0 Å². The summed E-state index contributed by atoms with van der Waals surface area (Å²) >= 11 is 0. The zero-order chi connectivity index (χ0) is 11.2. The van der Waals surface area contributed by atoms with Crippen molar-refractivity contribution < 1.29 is 0 Å². The molecule has 0 heteroatoms. The Bertz CT molecular complexity index is 68.1. The molecule has 0 aliphatic heterocycles. The third-order valence-corrected chi connectivity index (χ3v) is 2.60. The van der Waals surface area contributed by atoms with E-state index in [1.807, 2.05) is 0 Å². The predicted octanol–water partition coefficient (Wildman–Crippen LogP) is 5.81. The lowest BCUT2D eigenvalue weighted by molar-refractivity contribution is 0.346. The molecule has 1 fully saturated rings. The molecule has 0 spiro atoms. The van der Waals surface area contributed by atoms with Gasteiger partial charge in [0.05, 0.1) is 0 Å². The Labute approximate surface area is 92.5 Å². The molecule has 0 aromatic carbocycles. The van der Waals surface area contributed by atoms with Gasteiger partial charge in [0.15, 0.2) is 0 Å². The van der Waals surface area contributed by atoms with Gasteiger partial charge in [-0.15, -0.1) is 0 Å². The molecule has 0 heterocycles. The van der Waals surface area contributed by atoms with Gasteiger partial charge in [0.25, 0.3) is 0 Å². The Morgan fingerprint density at radius 3 is 1.14 bits per heavy atom. The van der Waals surface area contributed by atoms with Gasteiger partial charge in [-0.3, -0.25) is 0 Å². The largest absolute Gasteiger partial charge is 0.0654 e. The molecule has 1 aliphatic carbocycles. The van der Waals surface area contributed by atoms with Crippen molar-refractivity contribution >= 4 is 0 Å². The quantitative estimate of drug-likeness (QED) is 0.539. The first-order valence-corrected chi connectivity index (χ1v) is 6.72. The van der Waals surface area contributed by atoms with Crippen molar-refractivity contribution in [1.29, 1.82) is 0 Å². The van der Waals surface area contributed by atoms with Crippen LogP contribution in [0.3, 0.4) is 0 Å². The minimum absolute atomic E-state index is 1.06. The average molecular weight is 200 g/mol. The van der Waals surface area contributed by atoms with Crippen molar-refractivity contribution in [2.75, 3.05) is 0 Å². The monoisotopic (exact) mass is 200 g/mol. The molecule has 0 saturated heterocycles. The highest BCUT2D eigenvalue weighted by Gasteiger charge is 2.09. The maximum absolute atomic E-state index is 2.31. The molecule has 88 valence electrons. The van der Waals surface area contributed by atoms with Gasteiger partial charge in [0.1, 0.15) is 0 Å². The zero-order valence-corrected chi connectivity index (χ0v) is 11.2. The van der Waals surface area contributed by atoms with Crippen molar-refractivity contribution in [2.24, 2.45) is 5.92 Å². The van der Waals surface area contributed by atoms with Crippen LogP contribution in [0.25, 0.3) is 0 Å². The molecule has 1 aliphatic rings. The Hall–Kier alpha value is 0. The Balaban J connectivity index is 0. The minimum Gasteiger partial charge on any atom is -0.0654 e. The van der Waals surface area contributed by atoms with E-state index in [1.54, 1.807) is 0 Å². The highest BCUT2D eigenvalue weighted by Crippen LogP contribution is 2.24. The predicted molar refractivity (Wildman–Crippen MR) is 68.8 cm³/mol. The van der Waals surface area contributed by atoms with E-state index in [4.69, 9.17) is 0 Å². The second-order valence-corrected chi connectivity index (χ2v) is 4.39. The first kappa shape index (κ1) is 16.4. The van der Waals surface area contributed by atoms with Crippen LogP contribution in [0.15, 0.2) is 0 Å². The lowest BCUT2D eigenvalue weighted by atomic mass is 9.88. The fraction of sp³-hybridized carbons (Fsp3) is 1.00. The molecule has 0 nitrogen and oxygen atoms in total. The third-order valence-electron chi connectivity index (χ3n) is 2.60. The third kappa shape index (κ3) is 17.9. The van der Waals surface area contributed by atoms with Gasteiger partial charge in [-0.05, 0) is 5.92 Å². The first-order chi connectivity index (χ1) is 6.72. The van der Waals surface area contributed by atoms with Crippen LogP contribution >= 0.6 is 0 Å². The van der Waals surface area contributed by atoms with E-state index in [9.17, 15) is 0 Å². The summed E-state index contributed by atoms with van der Waals surface area (Å²) in [5.41, 5.74) is 0. The van der Waals surface area contributed by atoms with E-state index in [2.05, 4.69) is 34.6 Å². The van der Waals surface area contributed by atoms with Crippen LogP contribution in [0.2, 0.25) is 0 Å². The summed E-state index contributed by atoms with van der Waals surface area (Å²) < 4.78 is 0. The number of rotatable bonds is 3. The van der Waals surface area contributed by atoms with Crippen LogP contribution < -0.4 is 0 Å². The smallest absolute Gasteiger partial charge is 0.0443 e. The topological polar surface area (TPSA) is 0 Å². The lowest BCUT2D eigenvalue weighted by Gasteiger charge is -2.18.